The van der Waals surface area contributed by atoms with Crippen LogP contribution in [0.25, 0.3) is 10.2 Å². The van der Waals surface area contributed by atoms with Gasteiger partial charge in [-0.05, 0) is 29.8 Å². The lowest BCUT2D eigenvalue weighted by Crippen LogP contribution is -1.92. The normalized spacial score (nSPS) is 13.0. The number of hydrogen-bond donors (Lipinski definition) is 0. The third-order valence-electron chi connectivity index (χ3n) is 3.17. The van der Waals surface area contributed by atoms with Gasteiger partial charge in [0.15, 0.2) is 15.8 Å². The van der Waals surface area contributed by atoms with Gasteiger partial charge in [0.05, 0.1) is 10.2 Å². The Hall–Kier alpha value is -1.24. The molecule has 3 nitrogen and oxygen atoms in total. The maximum Gasteiger partial charge on any atom is 0.231 e. The lowest BCUT2D eigenvalue weighted by Gasteiger charge is -2.05. The van der Waals surface area contributed by atoms with E-state index in [2.05, 4.69) is 27.0 Å². The highest BCUT2D eigenvalue weighted by atomic mass is 79.9. The Morgan fingerprint density at radius 1 is 1.19 bits per heavy atom. The van der Waals surface area contributed by atoms with Crippen molar-refractivity contribution in [3.8, 4) is 11.5 Å². The molecule has 0 spiro atoms. The minimum absolute atomic E-state index is 0.302. The summed E-state index contributed by atoms with van der Waals surface area (Å²) in [4.78, 5) is 4.64. The van der Waals surface area contributed by atoms with Crippen LogP contribution in [0.4, 0.5) is 0 Å². The predicted molar refractivity (Wildman–Crippen MR) is 89.4 cm³/mol. The lowest BCUT2D eigenvalue weighted by molar-refractivity contribution is 0.174. The fraction of sp³-hybridized carbons (Fsp3) is 0.133. The summed E-state index contributed by atoms with van der Waals surface area (Å²) >= 11 is 7.06. The molecule has 0 unspecified atom stereocenters. The zero-order valence-corrected chi connectivity index (χ0v) is 14.1. The van der Waals surface area contributed by atoms with Gasteiger partial charge in [-0.15, -0.1) is 11.3 Å². The molecule has 3 aromatic rings. The van der Waals surface area contributed by atoms with E-state index in [4.69, 9.17) is 9.47 Å². The van der Waals surface area contributed by atoms with Gasteiger partial charge in [0.1, 0.15) is 0 Å². The first kappa shape index (κ1) is 13.4. The number of halogens is 1. The topological polar surface area (TPSA) is 31.4 Å². The fourth-order valence-corrected chi connectivity index (χ4v) is 4.83. The summed E-state index contributed by atoms with van der Waals surface area (Å²) in [7, 11) is 0. The number of thioether (sulfide) groups is 1. The molecule has 0 atom stereocenters. The molecule has 106 valence electrons. The Bertz CT molecular complexity index is 786. The molecule has 1 aliphatic rings. The van der Waals surface area contributed by atoms with Gasteiger partial charge in [-0.1, -0.05) is 39.8 Å². The van der Waals surface area contributed by atoms with Crippen LogP contribution in [0.3, 0.4) is 0 Å². The van der Waals surface area contributed by atoms with Crippen LogP contribution in [-0.4, -0.2) is 11.8 Å². The summed E-state index contributed by atoms with van der Waals surface area (Å²) in [5, 5.41) is 0. The molecule has 0 fully saturated rings. The van der Waals surface area contributed by atoms with Crippen molar-refractivity contribution in [3.05, 3.63) is 46.4 Å². The number of benzene rings is 2. The van der Waals surface area contributed by atoms with E-state index in [1.54, 1.807) is 23.1 Å². The maximum absolute atomic E-state index is 5.43. The van der Waals surface area contributed by atoms with Gasteiger partial charge in [-0.3, -0.25) is 0 Å². The van der Waals surface area contributed by atoms with Crippen molar-refractivity contribution in [1.29, 1.82) is 0 Å². The van der Waals surface area contributed by atoms with Crippen molar-refractivity contribution in [2.24, 2.45) is 0 Å². The monoisotopic (exact) mass is 379 g/mol. The molecule has 2 aromatic carbocycles. The number of para-hydroxylation sites is 1. The second-order valence-corrected chi connectivity index (χ2v) is 7.64. The van der Waals surface area contributed by atoms with Crippen molar-refractivity contribution < 1.29 is 9.47 Å². The van der Waals surface area contributed by atoms with Crippen molar-refractivity contribution >= 4 is 49.2 Å². The summed E-state index contributed by atoms with van der Waals surface area (Å²) in [6.07, 6.45) is 0. The number of aromatic nitrogens is 1. The number of thiazole rings is 1. The molecular weight excluding hydrogens is 370 g/mol. The number of nitrogens with zero attached hydrogens (tertiary/aromatic N) is 1. The summed E-state index contributed by atoms with van der Waals surface area (Å²) in [6.45, 7) is 0.302. The first-order valence-electron chi connectivity index (χ1n) is 6.36. The van der Waals surface area contributed by atoms with E-state index >= 15 is 0 Å². The Labute approximate surface area is 138 Å². The van der Waals surface area contributed by atoms with Gasteiger partial charge in [-0.2, -0.15) is 0 Å². The van der Waals surface area contributed by atoms with E-state index in [1.165, 1.54) is 10.3 Å². The maximum atomic E-state index is 5.43. The van der Waals surface area contributed by atoms with Crippen LogP contribution in [-0.2, 0) is 5.75 Å². The molecule has 2 heterocycles. The van der Waals surface area contributed by atoms with Crippen molar-refractivity contribution in [3.63, 3.8) is 0 Å². The number of hydrogen-bond acceptors (Lipinski definition) is 5. The zero-order valence-electron chi connectivity index (χ0n) is 10.8. The van der Waals surface area contributed by atoms with Crippen molar-refractivity contribution in [2.45, 2.75) is 10.1 Å². The van der Waals surface area contributed by atoms with Crippen LogP contribution in [0, 0.1) is 0 Å². The molecule has 0 amide bonds. The first-order valence-corrected chi connectivity index (χ1v) is 8.95. The molecule has 0 saturated carbocycles. The zero-order chi connectivity index (χ0) is 14.2. The van der Waals surface area contributed by atoms with Crippen LogP contribution < -0.4 is 9.47 Å². The molecule has 0 aliphatic carbocycles. The smallest absolute Gasteiger partial charge is 0.231 e. The van der Waals surface area contributed by atoms with Crippen LogP contribution in [0.2, 0.25) is 0 Å². The van der Waals surface area contributed by atoms with Crippen molar-refractivity contribution in [1.82, 2.24) is 4.98 Å². The van der Waals surface area contributed by atoms with Crippen molar-refractivity contribution in [2.75, 3.05) is 6.79 Å². The van der Waals surface area contributed by atoms with Crippen LogP contribution in [0.1, 0.15) is 5.56 Å². The third-order valence-corrected chi connectivity index (χ3v) is 6.13. The van der Waals surface area contributed by atoms with E-state index in [1.807, 2.05) is 30.3 Å². The minimum Gasteiger partial charge on any atom is -0.454 e. The molecule has 0 bridgehead atoms. The van der Waals surface area contributed by atoms with E-state index in [9.17, 15) is 0 Å². The first-order chi connectivity index (χ1) is 10.3. The predicted octanol–water partition coefficient (Wildman–Crippen LogP) is 5.08. The minimum atomic E-state index is 0.302. The average molecular weight is 380 g/mol. The third kappa shape index (κ3) is 2.63. The lowest BCUT2D eigenvalue weighted by atomic mass is 10.2. The molecule has 0 radical (unpaired) electrons. The summed E-state index contributed by atoms with van der Waals surface area (Å²) in [6, 6.07) is 12.2. The van der Waals surface area contributed by atoms with E-state index in [0.717, 1.165) is 31.6 Å². The van der Waals surface area contributed by atoms with Gasteiger partial charge in [0.2, 0.25) is 6.79 Å². The highest BCUT2D eigenvalue weighted by molar-refractivity contribution is 9.10. The van der Waals surface area contributed by atoms with Gasteiger partial charge in [0.25, 0.3) is 0 Å². The molecule has 1 aliphatic heterocycles. The summed E-state index contributed by atoms with van der Waals surface area (Å²) in [5.74, 6) is 2.46. The van der Waals surface area contributed by atoms with E-state index < -0.39 is 0 Å². The van der Waals surface area contributed by atoms with Gasteiger partial charge >= 0.3 is 0 Å². The SMILES string of the molecule is Brc1cc2c(cc1CSc1nc3ccccc3s1)OCO2. The Kier molecular flexibility index (Phi) is 3.52. The van der Waals surface area contributed by atoms with Crippen LogP contribution >= 0.6 is 39.0 Å². The largest absolute Gasteiger partial charge is 0.454 e. The van der Waals surface area contributed by atoms with Gasteiger partial charge in [-0.25, -0.2) is 4.98 Å². The second-order valence-electron chi connectivity index (χ2n) is 4.53. The molecular formula is C15H10BrNO2S2. The van der Waals surface area contributed by atoms with Gasteiger partial charge in [0, 0.05) is 10.2 Å². The van der Waals surface area contributed by atoms with Crippen LogP contribution in [0.15, 0.2) is 45.2 Å². The fourth-order valence-electron chi connectivity index (χ4n) is 2.12. The summed E-state index contributed by atoms with van der Waals surface area (Å²) < 4.78 is 14.1. The standard InChI is InChI=1S/C15H10BrNO2S2/c16-10-6-13-12(18-8-19-13)5-9(10)7-20-15-17-11-3-1-2-4-14(11)21-15/h1-6H,7-8H2. The quantitative estimate of drug-likeness (QED) is 0.593. The average Bonchev–Trinajstić information content (AvgIpc) is 3.09. The highest BCUT2D eigenvalue weighted by Crippen LogP contribution is 2.39. The molecule has 1 aromatic heterocycles. The Morgan fingerprint density at radius 3 is 2.86 bits per heavy atom. The summed E-state index contributed by atoms with van der Waals surface area (Å²) in [5.41, 5.74) is 2.25. The number of rotatable bonds is 3. The Balaban J connectivity index is 1.56. The van der Waals surface area contributed by atoms with Gasteiger partial charge < -0.3 is 9.47 Å². The Morgan fingerprint density at radius 2 is 2.00 bits per heavy atom. The molecule has 6 heteroatoms. The highest BCUT2D eigenvalue weighted by Gasteiger charge is 2.16. The number of ether oxygens (including phenoxy) is 2. The van der Waals surface area contributed by atoms with E-state index in [0.29, 0.717) is 6.79 Å². The number of fused-ring (bicyclic) bond motifs is 2. The van der Waals surface area contributed by atoms with E-state index in [-0.39, 0.29) is 0 Å². The second kappa shape index (κ2) is 5.51. The molecule has 21 heavy (non-hydrogen) atoms. The molecule has 0 N–H and O–H groups in total. The van der Waals surface area contributed by atoms with Crippen LogP contribution in [0.5, 0.6) is 11.5 Å². The molecule has 0 saturated heterocycles. The molecule has 4 rings (SSSR count).